The summed E-state index contributed by atoms with van der Waals surface area (Å²) in [4.78, 5) is 2.49. The first-order valence-electron chi connectivity index (χ1n) is 5.85. The zero-order valence-corrected chi connectivity index (χ0v) is 11.2. The fourth-order valence-corrected chi connectivity index (χ4v) is 3.52. The molecule has 1 saturated heterocycles. The van der Waals surface area contributed by atoms with Gasteiger partial charge in [0.2, 0.25) is 0 Å². The molecule has 0 radical (unpaired) electrons. The van der Waals surface area contributed by atoms with E-state index in [2.05, 4.69) is 47.9 Å². The van der Waals surface area contributed by atoms with Crippen molar-refractivity contribution < 1.29 is 0 Å². The Morgan fingerprint density at radius 2 is 2.25 bits per heavy atom. The minimum atomic E-state index is 0.608. The van der Waals surface area contributed by atoms with E-state index in [1.165, 1.54) is 23.4 Å². The number of nitrogens with zero attached hydrogens (tertiary/aromatic N) is 1. The molecule has 0 aliphatic carbocycles. The largest absolute Gasteiger partial charge is 0.369 e. The van der Waals surface area contributed by atoms with Gasteiger partial charge in [0, 0.05) is 35.7 Å². The Balaban J connectivity index is 2.16. The number of halogens is 1. The van der Waals surface area contributed by atoms with Gasteiger partial charge in [0.25, 0.3) is 0 Å². The van der Waals surface area contributed by atoms with Crippen LogP contribution in [0.1, 0.15) is 18.9 Å². The van der Waals surface area contributed by atoms with Crippen molar-refractivity contribution in [1.29, 1.82) is 0 Å². The summed E-state index contributed by atoms with van der Waals surface area (Å²) in [6.45, 7) is 4.58. The van der Waals surface area contributed by atoms with E-state index in [-0.39, 0.29) is 0 Å². The van der Waals surface area contributed by atoms with Gasteiger partial charge in [-0.3, -0.25) is 0 Å². The third-order valence-corrected chi connectivity index (χ3v) is 4.73. The molecule has 3 heteroatoms. The lowest BCUT2D eigenvalue weighted by atomic mass is 10.1. The second-order valence-electron chi connectivity index (χ2n) is 4.11. The molecule has 0 amide bonds. The van der Waals surface area contributed by atoms with E-state index in [9.17, 15) is 0 Å². The van der Waals surface area contributed by atoms with Crippen LogP contribution >= 0.6 is 23.4 Å². The van der Waals surface area contributed by atoms with E-state index in [1.54, 1.807) is 0 Å². The minimum absolute atomic E-state index is 0.608. The van der Waals surface area contributed by atoms with Crippen molar-refractivity contribution in [1.82, 2.24) is 0 Å². The van der Waals surface area contributed by atoms with Crippen LogP contribution in [0.15, 0.2) is 24.3 Å². The molecule has 1 aromatic rings. The number of benzene rings is 1. The first-order chi connectivity index (χ1) is 7.85. The van der Waals surface area contributed by atoms with Gasteiger partial charge in [-0.25, -0.2) is 0 Å². The molecular weight excluding hydrogens is 238 g/mol. The van der Waals surface area contributed by atoms with Crippen molar-refractivity contribution in [2.75, 3.05) is 23.7 Å². The molecule has 1 fully saturated rings. The van der Waals surface area contributed by atoms with E-state index in [4.69, 9.17) is 11.6 Å². The van der Waals surface area contributed by atoms with Crippen molar-refractivity contribution in [3.63, 3.8) is 0 Å². The zero-order chi connectivity index (χ0) is 11.4. The molecule has 0 saturated carbocycles. The summed E-state index contributed by atoms with van der Waals surface area (Å²) < 4.78 is 0. The fraction of sp³-hybridized carbons (Fsp3) is 0.538. The van der Waals surface area contributed by atoms with Crippen molar-refractivity contribution in [3.05, 3.63) is 29.8 Å². The van der Waals surface area contributed by atoms with Crippen LogP contribution in [-0.4, -0.2) is 24.1 Å². The molecule has 1 aliphatic heterocycles. The lowest BCUT2D eigenvalue weighted by molar-refractivity contribution is 0.726. The van der Waals surface area contributed by atoms with Gasteiger partial charge in [-0.1, -0.05) is 25.1 Å². The van der Waals surface area contributed by atoms with E-state index >= 15 is 0 Å². The number of hydrogen-bond acceptors (Lipinski definition) is 2. The van der Waals surface area contributed by atoms with Gasteiger partial charge in [-0.05, 0) is 18.1 Å². The highest BCUT2D eigenvalue weighted by Gasteiger charge is 2.20. The van der Waals surface area contributed by atoms with E-state index < -0.39 is 0 Å². The van der Waals surface area contributed by atoms with Gasteiger partial charge in [-0.15, -0.1) is 11.6 Å². The van der Waals surface area contributed by atoms with Crippen LogP contribution in [0.25, 0.3) is 0 Å². The molecule has 0 N–H and O–H groups in total. The van der Waals surface area contributed by atoms with Crippen LogP contribution in [-0.2, 0) is 5.88 Å². The summed E-state index contributed by atoms with van der Waals surface area (Å²) >= 11 is 8.09. The Morgan fingerprint density at radius 3 is 3.00 bits per heavy atom. The first-order valence-corrected chi connectivity index (χ1v) is 7.44. The Kier molecular flexibility index (Phi) is 4.42. The average Bonchev–Trinajstić information content (AvgIpc) is 2.38. The number of hydrogen-bond donors (Lipinski definition) is 0. The molecule has 88 valence electrons. The van der Waals surface area contributed by atoms with E-state index in [1.807, 2.05) is 0 Å². The smallest absolute Gasteiger partial charge is 0.0494 e. The van der Waals surface area contributed by atoms with E-state index in [0.29, 0.717) is 5.88 Å². The molecule has 0 bridgehead atoms. The average molecular weight is 256 g/mol. The van der Waals surface area contributed by atoms with Crippen molar-refractivity contribution in [2.45, 2.75) is 24.5 Å². The van der Waals surface area contributed by atoms with Crippen LogP contribution in [0.5, 0.6) is 0 Å². The Morgan fingerprint density at radius 1 is 1.44 bits per heavy atom. The van der Waals surface area contributed by atoms with Crippen LogP contribution in [0.4, 0.5) is 5.69 Å². The summed E-state index contributed by atoms with van der Waals surface area (Å²) in [5.41, 5.74) is 2.59. The van der Waals surface area contributed by atoms with Gasteiger partial charge < -0.3 is 4.90 Å². The van der Waals surface area contributed by atoms with Gasteiger partial charge >= 0.3 is 0 Å². The Labute approximate surface area is 107 Å². The third-order valence-electron chi connectivity index (χ3n) is 3.07. The molecular formula is C13H18ClNS. The molecule has 2 rings (SSSR count). The van der Waals surface area contributed by atoms with Crippen molar-refractivity contribution in [2.24, 2.45) is 0 Å². The number of alkyl halides is 1. The lowest BCUT2D eigenvalue weighted by Gasteiger charge is -2.34. The molecule has 1 nitrogen and oxygen atoms in total. The molecule has 1 aromatic carbocycles. The maximum Gasteiger partial charge on any atom is 0.0494 e. The maximum atomic E-state index is 5.99. The van der Waals surface area contributed by atoms with Gasteiger partial charge in [0.05, 0.1) is 0 Å². The SMILES string of the molecule is CCC1CN(c2ccccc2CCl)CCS1. The second kappa shape index (κ2) is 5.83. The number of anilines is 1. The molecule has 1 atom stereocenters. The molecule has 0 spiro atoms. The second-order valence-corrected chi connectivity index (χ2v) is 5.78. The van der Waals surface area contributed by atoms with Gasteiger partial charge in [0.15, 0.2) is 0 Å². The lowest BCUT2D eigenvalue weighted by Crippen LogP contribution is -2.38. The molecule has 1 aliphatic rings. The topological polar surface area (TPSA) is 3.24 Å². The monoisotopic (exact) mass is 255 g/mol. The van der Waals surface area contributed by atoms with E-state index in [0.717, 1.165) is 18.3 Å². The number of rotatable bonds is 3. The molecule has 0 aromatic heterocycles. The predicted molar refractivity (Wildman–Crippen MR) is 74.7 cm³/mol. The molecule has 1 unspecified atom stereocenters. The Bertz CT molecular complexity index is 342. The van der Waals surface area contributed by atoms with Gasteiger partial charge in [0.1, 0.15) is 0 Å². The van der Waals surface area contributed by atoms with Crippen LogP contribution in [0, 0.1) is 0 Å². The third kappa shape index (κ3) is 2.67. The number of para-hydroxylation sites is 1. The standard InChI is InChI=1S/C13H18ClNS/c1-2-12-10-15(7-8-16-12)13-6-4-3-5-11(13)9-14/h3-6,12H,2,7-10H2,1H3. The van der Waals surface area contributed by atoms with Crippen LogP contribution < -0.4 is 4.90 Å². The number of thioether (sulfide) groups is 1. The van der Waals surface area contributed by atoms with Crippen molar-refractivity contribution >= 4 is 29.1 Å². The Hall–Kier alpha value is -0.340. The van der Waals surface area contributed by atoms with Crippen LogP contribution in [0.2, 0.25) is 0 Å². The normalized spacial score (nSPS) is 21.1. The van der Waals surface area contributed by atoms with Crippen LogP contribution in [0.3, 0.4) is 0 Å². The molecule has 1 heterocycles. The summed E-state index contributed by atoms with van der Waals surface area (Å²) in [7, 11) is 0. The van der Waals surface area contributed by atoms with Gasteiger partial charge in [-0.2, -0.15) is 11.8 Å². The minimum Gasteiger partial charge on any atom is -0.369 e. The first kappa shape index (κ1) is 12.1. The highest BCUT2D eigenvalue weighted by atomic mass is 35.5. The zero-order valence-electron chi connectivity index (χ0n) is 9.66. The highest BCUT2D eigenvalue weighted by molar-refractivity contribution is 8.00. The quantitative estimate of drug-likeness (QED) is 0.757. The predicted octanol–water partition coefficient (Wildman–Crippen LogP) is 3.76. The summed E-state index contributed by atoms with van der Waals surface area (Å²) in [6, 6.07) is 8.50. The summed E-state index contributed by atoms with van der Waals surface area (Å²) in [5, 5.41) is 0.775. The van der Waals surface area contributed by atoms with Crippen molar-refractivity contribution in [3.8, 4) is 0 Å². The molecule has 16 heavy (non-hydrogen) atoms. The summed E-state index contributed by atoms with van der Waals surface area (Å²) in [5.74, 6) is 1.84. The highest BCUT2D eigenvalue weighted by Crippen LogP contribution is 2.28. The fourth-order valence-electron chi connectivity index (χ4n) is 2.12. The maximum absolute atomic E-state index is 5.99. The summed E-state index contributed by atoms with van der Waals surface area (Å²) in [6.07, 6.45) is 1.25.